The third kappa shape index (κ3) is 2.00. The molecule has 2 N–H and O–H groups in total. The molecule has 0 saturated heterocycles. The second-order valence-corrected chi connectivity index (χ2v) is 4.21. The molecule has 0 spiro atoms. The van der Waals surface area contributed by atoms with Crippen LogP contribution in [-0.2, 0) is 22.7 Å². The van der Waals surface area contributed by atoms with Gasteiger partial charge in [0.2, 0.25) is 0 Å². The third-order valence-electron chi connectivity index (χ3n) is 3.01. The third-order valence-corrected chi connectivity index (χ3v) is 3.01. The first kappa shape index (κ1) is 11.0. The average molecular weight is 243 g/mol. The smallest absolute Gasteiger partial charge is 0.328 e. The SMILES string of the molecule is O=C(OCc1ccccc1)C1NCc2[nH]ncc21. The van der Waals surface area contributed by atoms with Crippen molar-refractivity contribution in [3.63, 3.8) is 0 Å². The summed E-state index contributed by atoms with van der Waals surface area (Å²) in [6.07, 6.45) is 1.67. The summed E-state index contributed by atoms with van der Waals surface area (Å²) in [5, 5.41) is 9.87. The first-order valence-electron chi connectivity index (χ1n) is 5.80. The lowest BCUT2D eigenvalue weighted by atomic mass is 10.1. The number of rotatable bonds is 3. The minimum absolute atomic E-state index is 0.265. The summed E-state index contributed by atoms with van der Waals surface area (Å²) in [5.41, 5.74) is 2.82. The van der Waals surface area contributed by atoms with E-state index in [1.807, 2.05) is 30.3 Å². The number of hydrogen-bond acceptors (Lipinski definition) is 4. The summed E-state index contributed by atoms with van der Waals surface area (Å²) in [7, 11) is 0. The van der Waals surface area contributed by atoms with Crippen LogP contribution in [0.15, 0.2) is 36.5 Å². The van der Waals surface area contributed by atoms with Crippen molar-refractivity contribution in [3.8, 4) is 0 Å². The molecular formula is C13H13N3O2. The number of carbonyl (C=O) groups is 1. The van der Waals surface area contributed by atoms with Crippen molar-refractivity contribution in [2.24, 2.45) is 0 Å². The molecule has 92 valence electrons. The molecule has 1 aliphatic heterocycles. The van der Waals surface area contributed by atoms with Gasteiger partial charge in [0, 0.05) is 12.1 Å². The Hall–Kier alpha value is -2.14. The number of ether oxygens (including phenoxy) is 1. The average Bonchev–Trinajstić information content (AvgIpc) is 2.99. The normalized spacial score (nSPS) is 17.4. The summed E-state index contributed by atoms with van der Waals surface area (Å²) in [5.74, 6) is -0.265. The number of carbonyl (C=O) groups excluding carboxylic acids is 1. The van der Waals surface area contributed by atoms with Crippen molar-refractivity contribution in [1.29, 1.82) is 0 Å². The van der Waals surface area contributed by atoms with E-state index in [9.17, 15) is 4.79 Å². The molecule has 0 saturated carbocycles. The Kier molecular flexibility index (Phi) is 2.82. The van der Waals surface area contributed by atoms with E-state index < -0.39 is 6.04 Å². The number of aromatic amines is 1. The predicted molar refractivity (Wildman–Crippen MR) is 64.4 cm³/mol. The topological polar surface area (TPSA) is 67.0 Å². The molecule has 1 atom stereocenters. The number of hydrogen-bond donors (Lipinski definition) is 2. The molecule has 5 heteroatoms. The van der Waals surface area contributed by atoms with Gasteiger partial charge < -0.3 is 4.74 Å². The molecule has 2 aromatic rings. The molecule has 0 bridgehead atoms. The molecular weight excluding hydrogens is 230 g/mol. The van der Waals surface area contributed by atoms with Crippen LogP contribution >= 0.6 is 0 Å². The van der Waals surface area contributed by atoms with Gasteiger partial charge in [0.25, 0.3) is 0 Å². The zero-order chi connectivity index (χ0) is 12.4. The Morgan fingerprint density at radius 3 is 3.06 bits per heavy atom. The fourth-order valence-electron chi connectivity index (χ4n) is 2.05. The Labute approximate surface area is 104 Å². The lowest BCUT2D eigenvalue weighted by Gasteiger charge is -2.10. The van der Waals surface area contributed by atoms with E-state index >= 15 is 0 Å². The highest BCUT2D eigenvalue weighted by Crippen LogP contribution is 2.24. The Morgan fingerprint density at radius 2 is 2.22 bits per heavy atom. The van der Waals surface area contributed by atoms with E-state index in [0.29, 0.717) is 13.2 Å². The van der Waals surface area contributed by atoms with Crippen molar-refractivity contribution >= 4 is 5.97 Å². The molecule has 2 heterocycles. The summed E-state index contributed by atoms with van der Waals surface area (Å²) in [4.78, 5) is 12.0. The molecule has 0 amide bonds. The van der Waals surface area contributed by atoms with E-state index in [-0.39, 0.29) is 5.97 Å². The predicted octanol–water partition coefficient (Wildman–Crippen LogP) is 1.30. The number of benzene rings is 1. The minimum atomic E-state index is -0.400. The molecule has 1 aromatic carbocycles. The highest BCUT2D eigenvalue weighted by Gasteiger charge is 2.30. The summed E-state index contributed by atoms with van der Waals surface area (Å²) in [6, 6.07) is 9.23. The summed E-state index contributed by atoms with van der Waals surface area (Å²) >= 11 is 0. The summed E-state index contributed by atoms with van der Waals surface area (Å²) < 4.78 is 5.30. The fourth-order valence-corrected chi connectivity index (χ4v) is 2.05. The first-order valence-corrected chi connectivity index (χ1v) is 5.80. The molecule has 1 aromatic heterocycles. The van der Waals surface area contributed by atoms with Crippen LogP contribution < -0.4 is 5.32 Å². The van der Waals surface area contributed by atoms with Crippen LogP contribution in [0.4, 0.5) is 0 Å². The van der Waals surface area contributed by atoms with Crippen molar-refractivity contribution < 1.29 is 9.53 Å². The maximum Gasteiger partial charge on any atom is 0.328 e. The Balaban J connectivity index is 1.63. The van der Waals surface area contributed by atoms with Gasteiger partial charge in [-0.25, -0.2) is 4.79 Å². The second kappa shape index (κ2) is 4.62. The standard InChI is InChI=1S/C13H13N3O2/c17-13(18-8-9-4-2-1-3-5-9)12-10-6-15-16-11(10)7-14-12/h1-6,12,14H,7-8H2,(H,15,16). The largest absolute Gasteiger partial charge is 0.459 e. The van der Waals surface area contributed by atoms with Gasteiger partial charge in [-0.2, -0.15) is 5.10 Å². The number of aromatic nitrogens is 2. The maximum absolute atomic E-state index is 12.0. The number of nitrogens with one attached hydrogen (secondary N) is 2. The lowest BCUT2D eigenvalue weighted by Crippen LogP contribution is -2.24. The second-order valence-electron chi connectivity index (χ2n) is 4.21. The quantitative estimate of drug-likeness (QED) is 0.797. The molecule has 1 unspecified atom stereocenters. The van der Waals surface area contributed by atoms with Crippen LogP contribution in [0.2, 0.25) is 0 Å². The van der Waals surface area contributed by atoms with E-state index in [1.165, 1.54) is 0 Å². The van der Waals surface area contributed by atoms with E-state index in [4.69, 9.17) is 4.74 Å². The zero-order valence-electron chi connectivity index (χ0n) is 9.72. The number of nitrogens with zero attached hydrogens (tertiary/aromatic N) is 1. The van der Waals surface area contributed by atoms with Gasteiger partial charge in [0.15, 0.2) is 0 Å². The zero-order valence-corrected chi connectivity index (χ0v) is 9.72. The Morgan fingerprint density at radius 1 is 1.39 bits per heavy atom. The van der Waals surface area contributed by atoms with Crippen LogP contribution in [-0.4, -0.2) is 16.2 Å². The summed E-state index contributed by atoms with van der Waals surface area (Å²) in [6.45, 7) is 0.922. The van der Waals surface area contributed by atoms with Gasteiger partial charge in [0.05, 0.1) is 11.9 Å². The monoisotopic (exact) mass is 243 g/mol. The van der Waals surface area contributed by atoms with Gasteiger partial charge in [0.1, 0.15) is 12.6 Å². The van der Waals surface area contributed by atoms with Gasteiger partial charge in [-0.1, -0.05) is 30.3 Å². The van der Waals surface area contributed by atoms with Crippen molar-refractivity contribution in [2.75, 3.05) is 0 Å². The van der Waals surface area contributed by atoms with Gasteiger partial charge in [-0.15, -0.1) is 0 Å². The van der Waals surface area contributed by atoms with Crippen molar-refractivity contribution in [3.05, 3.63) is 53.3 Å². The molecule has 0 aliphatic carbocycles. The van der Waals surface area contributed by atoms with Crippen molar-refractivity contribution in [2.45, 2.75) is 19.2 Å². The molecule has 0 radical (unpaired) electrons. The molecule has 0 fully saturated rings. The number of H-pyrrole nitrogens is 1. The van der Waals surface area contributed by atoms with E-state index in [0.717, 1.165) is 16.8 Å². The minimum Gasteiger partial charge on any atom is -0.459 e. The Bertz CT molecular complexity index is 550. The number of fused-ring (bicyclic) bond motifs is 1. The van der Waals surface area contributed by atoms with E-state index in [1.54, 1.807) is 6.20 Å². The van der Waals surface area contributed by atoms with E-state index in [2.05, 4.69) is 15.5 Å². The van der Waals surface area contributed by atoms with Crippen LogP contribution in [0.25, 0.3) is 0 Å². The van der Waals surface area contributed by atoms with Crippen LogP contribution in [0.5, 0.6) is 0 Å². The first-order chi connectivity index (χ1) is 8.84. The fraction of sp³-hybridized carbons (Fsp3) is 0.231. The lowest BCUT2D eigenvalue weighted by molar-refractivity contribution is -0.147. The maximum atomic E-state index is 12.0. The van der Waals surface area contributed by atoms with Crippen LogP contribution in [0, 0.1) is 0 Å². The van der Waals surface area contributed by atoms with Gasteiger partial charge in [-0.3, -0.25) is 10.4 Å². The highest BCUT2D eigenvalue weighted by molar-refractivity contribution is 5.78. The molecule has 18 heavy (non-hydrogen) atoms. The van der Waals surface area contributed by atoms with Crippen LogP contribution in [0.3, 0.4) is 0 Å². The molecule has 5 nitrogen and oxygen atoms in total. The van der Waals surface area contributed by atoms with Gasteiger partial charge >= 0.3 is 5.97 Å². The van der Waals surface area contributed by atoms with Gasteiger partial charge in [-0.05, 0) is 5.56 Å². The molecule has 3 rings (SSSR count). The molecule has 1 aliphatic rings. The number of esters is 1. The van der Waals surface area contributed by atoms with Crippen molar-refractivity contribution in [1.82, 2.24) is 15.5 Å². The van der Waals surface area contributed by atoms with Crippen LogP contribution in [0.1, 0.15) is 22.9 Å². The highest BCUT2D eigenvalue weighted by atomic mass is 16.5.